The Labute approximate surface area is 111 Å². The summed E-state index contributed by atoms with van der Waals surface area (Å²) in [6.45, 7) is 0. The fourth-order valence-electron chi connectivity index (χ4n) is 1.32. The van der Waals surface area contributed by atoms with E-state index >= 15 is 0 Å². The Morgan fingerprint density at radius 2 is 1.71 bits per heavy atom. The van der Waals surface area contributed by atoms with Gasteiger partial charge in [-0.2, -0.15) is 0 Å². The van der Waals surface area contributed by atoms with Crippen LogP contribution in [0.4, 0.5) is 0 Å². The maximum atomic E-state index is 10.9. The molecule has 0 saturated heterocycles. The highest BCUT2D eigenvalue weighted by molar-refractivity contribution is 5.94. The number of nitrogens with zero attached hydrogens (tertiary/aromatic N) is 2. The van der Waals surface area contributed by atoms with Crippen LogP contribution in [0.2, 0.25) is 0 Å². The molecule has 0 atom stereocenters. The third kappa shape index (κ3) is 3.41. The summed E-state index contributed by atoms with van der Waals surface area (Å²) in [4.78, 5) is 18.9. The maximum absolute atomic E-state index is 10.9. The van der Waals surface area contributed by atoms with Gasteiger partial charge in [0.15, 0.2) is 0 Å². The molecule has 2 aromatic heterocycles. The van der Waals surface area contributed by atoms with Crippen molar-refractivity contribution >= 4 is 30.8 Å². The van der Waals surface area contributed by atoms with Gasteiger partial charge in [0.1, 0.15) is 0 Å². The summed E-state index contributed by atoms with van der Waals surface area (Å²) in [5.74, 6) is -0.977. The fourth-order valence-corrected chi connectivity index (χ4v) is 1.32. The van der Waals surface area contributed by atoms with E-state index < -0.39 is 5.97 Å². The Balaban J connectivity index is 0.00000128. The Kier molecular flexibility index (Phi) is 6.17. The van der Waals surface area contributed by atoms with Crippen LogP contribution in [-0.2, 0) is 0 Å². The molecule has 4 nitrogen and oxygen atoms in total. The fraction of sp³-hybridized carbons (Fsp3) is 0. The van der Waals surface area contributed by atoms with Gasteiger partial charge in [-0.05, 0) is 24.3 Å². The number of aromatic nitrogens is 2. The van der Waals surface area contributed by atoms with Gasteiger partial charge in [0.05, 0.1) is 11.3 Å². The maximum Gasteiger partial charge on any atom is 0.337 e. The molecule has 0 aromatic carbocycles. The Morgan fingerprint density at radius 1 is 1.06 bits per heavy atom. The lowest BCUT2D eigenvalue weighted by molar-refractivity contribution is 0.0697. The molecule has 0 spiro atoms. The van der Waals surface area contributed by atoms with Crippen molar-refractivity contribution in [3.05, 3.63) is 48.4 Å². The minimum Gasteiger partial charge on any atom is -0.478 e. The molecule has 0 bridgehead atoms. The van der Waals surface area contributed by atoms with Crippen LogP contribution >= 0.6 is 24.8 Å². The van der Waals surface area contributed by atoms with Gasteiger partial charge in [0.2, 0.25) is 0 Å². The summed E-state index contributed by atoms with van der Waals surface area (Å²) in [5, 5.41) is 8.97. The quantitative estimate of drug-likeness (QED) is 0.913. The third-order valence-electron chi connectivity index (χ3n) is 1.99. The van der Waals surface area contributed by atoms with Crippen molar-refractivity contribution in [2.75, 3.05) is 0 Å². The average molecular weight is 273 g/mol. The van der Waals surface area contributed by atoms with E-state index in [0.29, 0.717) is 5.69 Å². The first-order chi connectivity index (χ1) is 7.29. The van der Waals surface area contributed by atoms with Gasteiger partial charge < -0.3 is 5.11 Å². The first-order valence-corrected chi connectivity index (χ1v) is 4.38. The Hall–Kier alpha value is -1.65. The monoisotopic (exact) mass is 272 g/mol. The van der Waals surface area contributed by atoms with Crippen LogP contribution in [0.1, 0.15) is 10.4 Å². The van der Waals surface area contributed by atoms with Gasteiger partial charge in [-0.25, -0.2) is 4.79 Å². The van der Waals surface area contributed by atoms with Crippen molar-refractivity contribution in [2.45, 2.75) is 0 Å². The highest BCUT2D eigenvalue weighted by Crippen LogP contribution is 2.19. The number of pyridine rings is 2. The molecule has 0 saturated carbocycles. The van der Waals surface area contributed by atoms with Gasteiger partial charge in [-0.15, -0.1) is 24.8 Å². The van der Waals surface area contributed by atoms with E-state index in [1.165, 1.54) is 6.07 Å². The van der Waals surface area contributed by atoms with Crippen LogP contribution in [0.25, 0.3) is 11.3 Å². The van der Waals surface area contributed by atoms with E-state index in [4.69, 9.17) is 5.11 Å². The number of hydrogen-bond donors (Lipinski definition) is 1. The van der Waals surface area contributed by atoms with E-state index in [1.54, 1.807) is 36.8 Å². The lowest BCUT2D eigenvalue weighted by Crippen LogP contribution is -2.00. The first kappa shape index (κ1) is 15.3. The number of aromatic carboxylic acids is 1. The number of carboxylic acid groups (broad SMARTS) is 1. The van der Waals surface area contributed by atoms with E-state index in [2.05, 4.69) is 9.97 Å². The molecule has 0 fully saturated rings. The standard InChI is InChI=1S/C11H8N2O2.2ClH/c14-11(15)9-2-1-5-13-10(9)8-3-6-12-7-4-8;;/h1-7H,(H,14,15);2*1H. The number of rotatable bonds is 2. The SMILES string of the molecule is Cl.Cl.O=C(O)c1cccnc1-c1ccncc1. The highest BCUT2D eigenvalue weighted by atomic mass is 35.5. The van der Waals surface area contributed by atoms with Crippen LogP contribution in [0, 0.1) is 0 Å². The second kappa shape index (κ2) is 6.83. The van der Waals surface area contributed by atoms with E-state index in [9.17, 15) is 4.79 Å². The minimum absolute atomic E-state index is 0. The van der Waals surface area contributed by atoms with E-state index in [0.717, 1.165) is 5.56 Å². The summed E-state index contributed by atoms with van der Waals surface area (Å²) < 4.78 is 0. The van der Waals surface area contributed by atoms with Crippen LogP contribution in [-0.4, -0.2) is 21.0 Å². The normalized spacial score (nSPS) is 8.71. The molecule has 2 aromatic rings. The Bertz CT molecular complexity index is 492. The zero-order valence-electron chi connectivity index (χ0n) is 8.61. The van der Waals surface area contributed by atoms with Crippen LogP contribution in [0.15, 0.2) is 42.9 Å². The number of carbonyl (C=O) groups is 1. The minimum atomic E-state index is -0.977. The summed E-state index contributed by atoms with van der Waals surface area (Å²) in [5.41, 5.74) is 1.42. The number of halogens is 2. The summed E-state index contributed by atoms with van der Waals surface area (Å²) in [6, 6.07) is 6.60. The molecule has 6 heteroatoms. The molecular formula is C11H10Cl2N2O2. The smallest absolute Gasteiger partial charge is 0.337 e. The summed E-state index contributed by atoms with van der Waals surface area (Å²) in [7, 11) is 0. The van der Waals surface area contributed by atoms with Crippen LogP contribution in [0.5, 0.6) is 0 Å². The zero-order chi connectivity index (χ0) is 10.7. The molecule has 17 heavy (non-hydrogen) atoms. The van der Waals surface area contributed by atoms with Gasteiger partial charge in [0, 0.05) is 24.2 Å². The topological polar surface area (TPSA) is 63.1 Å². The molecule has 2 heterocycles. The highest BCUT2D eigenvalue weighted by Gasteiger charge is 2.11. The Morgan fingerprint density at radius 3 is 2.29 bits per heavy atom. The van der Waals surface area contributed by atoms with Crippen molar-refractivity contribution in [1.82, 2.24) is 9.97 Å². The molecule has 0 aliphatic rings. The molecule has 0 radical (unpaired) electrons. The molecule has 90 valence electrons. The lowest BCUT2D eigenvalue weighted by Gasteiger charge is -2.03. The third-order valence-corrected chi connectivity index (χ3v) is 1.99. The average Bonchev–Trinajstić information content (AvgIpc) is 2.30. The lowest BCUT2D eigenvalue weighted by atomic mass is 10.1. The molecule has 2 rings (SSSR count). The number of hydrogen-bond acceptors (Lipinski definition) is 3. The predicted molar refractivity (Wildman–Crippen MR) is 68.9 cm³/mol. The van der Waals surface area contributed by atoms with Gasteiger partial charge in [-0.1, -0.05) is 0 Å². The van der Waals surface area contributed by atoms with Crippen molar-refractivity contribution in [1.29, 1.82) is 0 Å². The second-order valence-corrected chi connectivity index (χ2v) is 2.94. The predicted octanol–water partition coefficient (Wildman–Crippen LogP) is 2.69. The summed E-state index contributed by atoms with van der Waals surface area (Å²) in [6.07, 6.45) is 4.79. The van der Waals surface area contributed by atoms with Crippen molar-refractivity contribution in [3.63, 3.8) is 0 Å². The van der Waals surface area contributed by atoms with Gasteiger partial charge >= 0.3 is 5.97 Å². The second-order valence-electron chi connectivity index (χ2n) is 2.94. The molecule has 0 unspecified atom stereocenters. The van der Waals surface area contributed by atoms with Crippen LogP contribution in [0.3, 0.4) is 0 Å². The molecule has 0 amide bonds. The molecule has 0 aliphatic carbocycles. The van der Waals surface area contributed by atoms with Gasteiger partial charge in [0.25, 0.3) is 0 Å². The van der Waals surface area contributed by atoms with E-state index in [-0.39, 0.29) is 30.4 Å². The summed E-state index contributed by atoms with van der Waals surface area (Å²) >= 11 is 0. The van der Waals surface area contributed by atoms with Crippen molar-refractivity contribution in [3.8, 4) is 11.3 Å². The van der Waals surface area contributed by atoms with Crippen molar-refractivity contribution in [2.24, 2.45) is 0 Å². The first-order valence-electron chi connectivity index (χ1n) is 4.38. The van der Waals surface area contributed by atoms with Gasteiger partial charge in [-0.3, -0.25) is 9.97 Å². The molecule has 1 N–H and O–H groups in total. The number of carboxylic acids is 1. The largest absolute Gasteiger partial charge is 0.478 e. The molecular weight excluding hydrogens is 263 g/mol. The zero-order valence-corrected chi connectivity index (χ0v) is 10.2. The van der Waals surface area contributed by atoms with E-state index in [1.807, 2.05) is 0 Å². The van der Waals surface area contributed by atoms with Crippen LogP contribution < -0.4 is 0 Å². The van der Waals surface area contributed by atoms with Crippen molar-refractivity contribution < 1.29 is 9.90 Å². The molecule has 0 aliphatic heterocycles.